The highest BCUT2D eigenvalue weighted by Gasteiger charge is 2.00. The fraction of sp³-hybridized carbons (Fsp3) is 0.222. The summed E-state index contributed by atoms with van der Waals surface area (Å²) in [5, 5.41) is 12.3. The number of hydrogen-bond acceptors (Lipinski definition) is 2. The average Bonchev–Trinajstić information content (AvgIpc) is 2.08. The summed E-state index contributed by atoms with van der Waals surface area (Å²) in [6.45, 7) is 3.65. The van der Waals surface area contributed by atoms with Gasteiger partial charge in [-0.15, -0.1) is 0 Å². The molecule has 0 fully saturated rings. The van der Waals surface area contributed by atoms with E-state index in [4.69, 9.17) is 16.8 Å². The molecule has 1 aromatic rings. The number of aryl methyl sites for hydroxylation is 1. The fourth-order valence-corrected chi connectivity index (χ4v) is 1.05. The maximum absolute atomic E-state index is 8.50. The quantitative estimate of drug-likeness (QED) is 0.405. The van der Waals surface area contributed by atoms with Gasteiger partial charge in [0.05, 0.1) is 5.71 Å². The summed E-state index contributed by atoms with van der Waals surface area (Å²) < 4.78 is 0. The van der Waals surface area contributed by atoms with E-state index in [1.807, 2.05) is 19.1 Å². The third kappa shape index (κ3) is 1.77. The molecule has 0 aliphatic rings. The number of nitrogens with zero attached hydrogens (tertiary/aromatic N) is 1. The molecular formula is C9H10ClNO. The number of benzene rings is 1. The molecule has 0 saturated heterocycles. The van der Waals surface area contributed by atoms with Crippen LogP contribution in [-0.4, -0.2) is 10.9 Å². The zero-order valence-corrected chi connectivity index (χ0v) is 7.76. The Morgan fingerprint density at radius 2 is 2.17 bits per heavy atom. The summed E-state index contributed by atoms with van der Waals surface area (Å²) in [6, 6.07) is 5.50. The van der Waals surface area contributed by atoms with Crippen molar-refractivity contribution in [3.63, 3.8) is 0 Å². The highest BCUT2D eigenvalue weighted by molar-refractivity contribution is 6.31. The predicted molar refractivity (Wildman–Crippen MR) is 50.2 cm³/mol. The Morgan fingerprint density at radius 1 is 1.50 bits per heavy atom. The van der Waals surface area contributed by atoms with Crippen molar-refractivity contribution in [3.8, 4) is 0 Å². The Hall–Kier alpha value is -1.02. The molecule has 0 amide bonds. The Labute approximate surface area is 76.5 Å². The van der Waals surface area contributed by atoms with Gasteiger partial charge >= 0.3 is 0 Å². The molecule has 0 aliphatic carbocycles. The van der Waals surface area contributed by atoms with E-state index in [1.165, 1.54) is 0 Å². The Bertz CT molecular complexity index is 320. The SMILES string of the molecule is C/C(=N\O)c1ccc(Cl)c(C)c1. The molecule has 1 rings (SSSR count). The van der Waals surface area contributed by atoms with E-state index in [9.17, 15) is 0 Å². The molecule has 0 unspecified atom stereocenters. The van der Waals surface area contributed by atoms with Crippen molar-refractivity contribution in [1.29, 1.82) is 0 Å². The molecule has 2 nitrogen and oxygen atoms in total. The van der Waals surface area contributed by atoms with Gasteiger partial charge < -0.3 is 5.21 Å². The first-order valence-corrected chi connectivity index (χ1v) is 3.98. The zero-order valence-electron chi connectivity index (χ0n) is 7.00. The summed E-state index contributed by atoms with van der Waals surface area (Å²) in [5.74, 6) is 0. The lowest BCUT2D eigenvalue weighted by atomic mass is 10.1. The highest BCUT2D eigenvalue weighted by Crippen LogP contribution is 2.16. The van der Waals surface area contributed by atoms with E-state index >= 15 is 0 Å². The van der Waals surface area contributed by atoms with Gasteiger partial charge in [-0.3, -0.25) is 0 Å². The van der Waals surface area contributed by atoms with Crippen LogP contribution in [0.5, 0.6) is 0 Å². The minimum Gasteiger partial charge on any atom is -0.411 e. The molecule has 1 N–H and O–H groups in total. The van der Waals surface area contributed by atoms with Gasteiger partial charge in [-0.2, -0.15) is 0 Å². The van der Waals surface area contributed by atoms with Crippen LogP contribution in [0.1, 0.15) is 18.1 Å². The predicted octanol–water partition coefficient (Wildman–Crippen LogP) is 2.85. The van der Waals surface area contributed by atoms with Gasteiger partial charge in [0, 0.05) is 5.02 Å². The molecule has 0 radical (unpaired) electrons. The summed E-state index contributed by atoms with van der Waals surface area (Å²) in [7, 11) is 0. The Balaban J connectivity index is 3.13. The van der Waals surface area contributed by atoms with Crippen molar-refractivity contribution in [2.75, 3.05) is 0 Å². The van der Waals surface area contributed by atoms with Crippen LogP contribution in [0.4, 0.5) is 0 Å². The molecule has 0 atom stereocenters. The van der Waals surface area contributed by atoms with Gasteiger partial charge in [0.25, 0.3) is 0 Å². The smallest absolute Gasteiger partial charge is 0.0837 e. The minimum atomic E-state index is 0.592. The normalized spacial score (nSPS) is 11.8. The zero-order chi connectivity index (χ0) is 9.14. The van der Waals surface area contributed by atoms with Crippen LogP contribution >= 0.6 is 11.6 Å². The Morgan fingerprint density at radius 3 is 2.67 bits per heavy atom. The van der Waals surface area contributed by atoms with Crippen molar-refractivity contribution in [1.82, 2.24) is 0 Å². The van der Waals surface area contributed by atoms with Crippen molar-refractivity contribution in [2.24, 2.45) is 5.16 Å². The third-order valence-electron chi connectivity index (χ3n) is 1.73. The maximum Gasteiger partial charge on any atom is 0.0837 e. The summed E-state index contributed by atoms with van der Waals surface area (Å²) in [6.07, 6.45) is 0. The van der Waals surface area contributed by atoms with Crippen LogP contribution in [0.25, 0.3) is 0 Å². The van der Waals surface area contributed by atoms with Crippen LogP contribution in [0.2, 0.25) is 5.02 Å². The second-order valence-corrected chi connectivity index (χ2v) is 3.06. The first kappa shape index (κ1) is 9.07. The molecule has 0 aliphatic heterocycles. The van der Waals surface area contributed by atoms with Crippen LogP contribution in [-0.2, 0) is 0 Å². The molecule has 0 spiro atoms. The van der Waals surface area contributed by atoms with Gasteiger partial charge in [0.15, 0.2) is 0 Å². The molecule has 0 bridgehead atoms. The first-order valence-electron chi connectivity index (χ1n) is 3.60. The first-order chi connectivity index (χ1) is 5.65. The van der Waals surface area contributed by atoms with Crippen molar-refractivity contribution >= 4 is 17.3 Å². The van der Waals surface area contributed by atoms with E-state index in [2.05, 4.69) is 5.16 Å². The number of halogens is 1. The average molecular weight is 184 g/mol. The van der Waals surface area contributed by atoms with E-state index in [1.54, 1.807) is 13.0 Å². The van der Waals surface area contributed by atoms with Crippen LogP contribution in [0, 0.1) is 6.92 Å². The number of hydrogen-bond donors (Lipinski definition) is 1. The van der Waals surface area contributed by atoms with E-state index < -0.39 is 0 Å². The molecule has 3 heteroatoms. The topological polar surface area (TPSA) is 32.6 Å². The largest absolute Gasteiger partial charge is 0.411 e. The van der Waals surface area contributed by atoms with Crippen LogP contribution < -0.4 is 0 Å². The molecule has 0 saturated carbocycles. The lowest BCUT2D eigenvalue weighted by Crippen LogP contribution is -1.94. The van der Waals surface area contributed by atoms with Gasteiger partial charge in [0.2, 0.25) is 0 Å². The molecular weight excluding hydrogens is 174 g/mol. The van der Waals surface area contributed by atoms with Crippen molar-refractivity contribution in [2.45, 2.75) is 13.8 Å². The summed E-state index contributed by atoms with van der Waals surface area (Å²) >= 11 is 5.83. The molecule has 12 heavy (non-hydrogen) atoms. The number of rotatable bonds is 1. The molecule has 1 aromatic carbocycles. The van der Waals surface area contributed by atoms with E-state index in [0.717, 1.165) is 16.1 Å². The summed E-state index contributed by atoms with van der Waals surface area (Å²) in [5.41, 5.74) is 2.46. The van der Waals surface area contributed by atoms with E-state index in [-0.39, 0.29) is 0 Å². The standard InChI is InChI=1S/C9H10ClNO/c1-6-5-8(7(2)11-12)3-4-9(6)10/h3-5,12H,1-2H3/b11-7+. The lowest BCUT2D eigenvalue weighted by Gasteiger charge is -2.01. The van der Waals surface area contributed by atoms with Crippen LogP contribution in [0.15, 0.2) is 23.4 Å². The second-order valence-electron chi connectivity index (χ2n) is 2.65. The molecule has 0 heterocycles. The van der Waals surface area contributed by atoms with Gasteiger partial charge in [-0.05, 0) is 37.1 Å². The van der Waals surface area contributed by atoms with Crippen molar-refractivity contribution < 1.29 is 5.21 Å². The lowest BCUT2D eigenvalue weighted by molar-refractivity contribution is 0.319. The van der Waals surface area contributed by atoms with Gasteiger partial charge in [-0.1, -0.05) is 22.8 Å². The fourth-order valence-electron chi connectivity index (χ4n) is 0.927. The second kappa shape index (κ2) is 3.59. The molecule has 0 aromatic heterocycles. The monoisotopic (exact) mass is 183 g/mol. The minimum absolute atomic E-state index is 0.592. The summed E-state index contributed by atoms with van der Waals surface area (Å²) in [4.78, 5) is 0. The number of oxime groups is 1. The van der Waals surface area contributed by atoms with Crippen molar-refractivity contribution in [3.05, 3.63) is 34.3 Å². The van der Waals surface area contributed by atoms with Crippen LogP contribution in [0.3, 0.4) is 0 Å². The Kier molecular flexibility index (Phi) is 2.71. The highest BCUT2D eigenvalue weighted by atomic mass is 35.5. The van der Waals surface area contributed by atoms with Gasteiger partial charge in [0.1, 0.15) is 0 Å². The third-order valence-corrected chi connectivity index (χ3v) is 2.15. The molecule has 64 valence electrons. The maximum atomic E-state index is 8.50. The van der Waals surface area contributed by atoms with Gasteiger partial charge in [-0.25, -0.2) is 0 Å². The van der Waals surface area contributed by atoms with E-state index in [0.29, 0.717) is 5.71 Å².